The van der Waals surface area contributed by atoms with Crippen LogP contribution in [0.1, 0.15) is 11.4 Å². The van der Waals surface area contributed by atoms with Gasteiger partial charge in [-0.25, -0.2) is 4.98 Å². The van der Waals surface area contributed by atoms with E-state index in [0.29, 0.717) is 12.4 Å². The van der Waals surface area contributed by atoms with E-state index in [1.807, 2.05) is 10.8 Å². The third-order valence-electron chi connectivity index (χ3n) is 3.55. The number of para-hydroxylation sites is 1. The molecule has 3 heterocycles. The number of imidazole rings is 1. The van der Waals surface area contributed by atoms with Crippen molar-refractivity contribution in [2.45, 2.75) is 13.0 Å². The normalized spacial score (nSPS) is 13.2. The number of hydrogen-bond acceptors (Lipinski definition) is 5. The second-order valence-corrected chi connectivity index (χ2v) is 4.77. The summed E-state index contributed by atoms with van der Waals surface area (Å²) in [6, 6.07) is 6.37. The fourth-order valence-corrected chi connectivity index (χ4v) is 2.64. The van der Waals surface area contributed by atoms with Gasteiger partial charge in [-0.05, 0) is 12.0 Å². The van der Waals surface area contributed by atoms with E-state index in [0.717, 1.165) is 18.7 Å². The molecule has 0 atom stereocenters. The van der Waals surface area contributed by atoms with Gasteiger partial charge in [0.15, 0.2) is 5.82 Å². The zero-order valence-electron chi connectivity index (χ0n) is 10.8. The average molecular weight is 267 g/mol. The first-order valence-electron chi connectivity index (χ1n) is 6.53. The van der Waals surface area contributed by atoms with Gasteiger partial charge in [-0.1, -0.05) is 23.4 Å². The molecule has 100 valence electrons. The molecule has 0 fully saturated rings. The van der Waals surface area contributed by atoms with Crippen LogP contribution in [-0.4, -0.2) is 26.2 Å². The smallest absolute Gasteiger partial charge is 0.213 e. The molecular weight excluding hydrogens is 254 g/mol. The van der Waals surface area contributed by atoms with Crippen molar-refractivity contribution in [2.24, 2.45) is 0 Å². The van der Waals surface area contributed by atoms with E-state index in [-0.39, 0.29) is 0 Å². The minimum absolute atomic E-state index is 0.551. The monoisotopic (exact) mass is 267 g/mol. The first-order chi connectivity index (χ1) is 9.92. The Labute approximate surface area is 115 Å². The topological polar surface area (TPSA) is 68.8 Å². The lowest BCUT2D eigenvalue weighted by Gasteiger charge is -2.10. The van der Waals surface area contributed by atoms with Gasteiger partial charge < -0.3 is 14.4 Å². The van der Waals surface area contributed by atoms with Crippen LogP contribution in [0.4, 0.5) is 5.69 Å². The standard InChI is InChI=1S/C14H13N5O/c1-2-10-4-5-16-14(10)11(3-1)12-6-15-8-19(12)7-13-17-9-20-18-13/h1-3,6,8-9,16H,4-5,7H2. The average Bonchev–Trinajstić information content (AvgIpc) is 3.19. The van der Waals surface area contributed by atoms with E-state index < -0.39 is 0 Å². The van der Waals surface area contributed by atoms with Crippen molar-refractivity contribution in [3.05, 3.63) is 48.5 Å². The Morgan fingerprint density at radius 2 is 2.35 bits per heavy atom. The van der Waals surface area contributed by atoms with Gasteiger partial charge in [0.2, 0.25) is 6.39 Å². The molecule has 0 saturated heterocycles. The quantitative estimate of drug-likeness (QED) is 0.785. The number of rotatable bonds is 3. The number of nitrogens with one attached hydrogen (secondary N) is 1. The highest BCUT2D eigenvalue weighted by atomic mass is 16.5. The van der Waals surface area contributed by atoms with Crippen LogP contribution in [0.15, 0.2) is 41.6 Å². The molecule has 1 aromatic carbocycles. The minimum atomic E-state index is 0.551. The van der Waals surface area contributed by atoms with Crippen LogP contribution in [0, 0.1) is 0 Å². The summed E-state index contributed by atoms with van der Waals surface area (Å²) in [6.07, 6.45) is 6.07. The van der Waals surface area contributed by atoms with Crippen molar-refractivity contribution in [1.82, 2.24) is 19.7 Å². The van der Waals surface area contributed by atoms with Gasteiger partial charge in [0.25, 0.3) is 0 Å². The van der Waals surface area contributed by atoms with Gasteiger partial charge in [0, 0.05) is 17.8 Å². The predicted molar refractivity (Wildman–Crippen MR) is 73.3 cm³/mol. The SMILES string of the molecule is c1cc2c(c(-c3cncn3Cc3ncon3)c1)NCC2. The molecule has 0 bridgehead atoms. The highest BCUT2D eigenvalue weighted by Gasteiger charge is 2.17. The van der Waals surface area contributed by atoms with Crippen molar-refractivity contribution < 1.29 is 4.52 Å². The van der Waals surface area contributed by atoms with Gasteiger partial charge in [-0.15, -0.1) is 0 Å². The lowest BCUT2D eigenvalue weighted by molar-refractivity contribution is 0.408. The number of anilines is 1. The summed E-state index contributed by atoms with van der Waals surface area (Å²) < 4.78 is 6.80. The Morgan fingerprint density at radius 1 is 1.35 bits per heavy atom. The van der Waals surface area contributed by atoms with Gasteiger partial charge in [-0.3, -0.25) is 0 Å². The number of fused-ring (bicyclic) bond motifs is 1. The molecule has 6 nitrogen and oxygen atoms in total. The molecule has 0 aliphatic carbocycles. The van der Waals surface area contributed by atoms with Crippen molar-refractivity contribution in [3.63, 3.8) is 0 Å². The Hall–Kier alpha value is -2.63. The van der Waals surface area contributed by atoms with E-state index in [1.54, 1.807) is 6.33 Å². The molecule has 6 heteroatoms. The van der Waals surface area contributed by atoms with Gasteiger partial charge in [0.1, 0.15) is 0 Å². The molecule has 1 aliphatic heterocycles. The van der Waals surface area contributed by atoms with Gasteiger partial charge in [-0.2, -0.15) is 4.98 Å². The summed E-state index contributed by atoms with van der Waals surface area (Å²) in [4.78, 5) is 8.31. The van der Waals surface area contributed by atoms with E-state index >= 15 is 0 Å². The maximum absolute atomic E-state index is 4.78. The highest BCUT2D eigenvalue weighted by molar-refractivity contribution is 5.79. The number of aromatic nitrogens is 4. The molecular formula is C14H13N5O. The lowest BCUT2D eigenvalue weighted by atomic mass is 10.1. The second kappa shape index (κ2) is 4.48. The Balaban J connectivity index is 1.77. The minimum Gasteiger partial charge on any atom is -0.384 e. The molecule has 4 rings (SSSR count). The van der Waals surface area contributed by atoms with Crippen LogP contribution in [-0.2, 0) is 13.0 Å². The molecule has 0 unspecified atom stereocenters. The molecule has 0 saturated carbocycles. The molecule has 1 N–H and O–H groups in total. The molecule has 0 radical (unpaired) electrons. The molecule has 1 aliphatic rings. The zero-order chi connectivity index (χ0) is 13.4. The first kappa shape index (κ1) is 11.2. The lowest BCUT2D eigenvalue weighted by Crippen LogP contribution is -2.03. The maximum atomic E-state index is 4.78. The summed E-state index contributed by atoms with van der Waals surface area (Å²) in [7, 11) is 0. The molecule has 0 spiro atoms. The summed E-state index contributed by atoms with van der Waals surface area (Å²) in [6.45, 7) is 1.54. The van der Waals surface area contributed by atoms with Crippen molar-refractivity contribution in [1.29, 1.82) is 0 Å². The van der Waals surface area contributed by atoms with Crippen molar-refractivity contribution in [3.8, 4) is 11.3 Å². The molecule has 20 heavy (non-hydrogen) atoms. The van der Waals surface area contributed by atoms with Gasteiger partial charge in [0.05, 0.1) is 24.8 Å². The fraction of sp³-hybridized carbons (Fsp3) is 0.214. The fourth-order valence-electron chi connectivity index (χ4n) is 2.64. The van der Waals surface area contributed by atoms with E-state index in [1.165, 1.54) is 23.2 Å². The highest BCUT2D eigenvalue weighted by Crippen LogP contribution is 2.34. The van der Waals surface area contributed by atoms with Crippen LogP contribution in [0.25, 0.3) is 11.3 Å². The van der Waals surface area contributed by atoms with E-state index in [2.05, 4.69) is 38.6 Å². The van der Waals surface area contributed by atoms with E-state index in [4.69, 9.17) is 4.52 Å². The maximum Gasteiger partial charge on any atom is 0.213 e. The first-order valence-corrected chi connectivity index (χ1v) is 6.53. The Kier molecular flexibility index (Phi) is 2.51. The van der Waals surface area contributed by atoms with Crippen molar-refractivity contribution in [2.75, 3.05) is 11.9 Å². The molecule has 0 amide bonds. The predicted octanol–water partition coefficient (Wildman–Crippen LogP) is 1.95. The number of nitrogens with zero attached hydrogens (tertiary/aromatic N) is 4. The third-order valence-corrected chi connectivity index (χ3v) is 3.55. The molecule has 3 aromatic rings. The summed E-state index contributed by atoms with van der Waals surface area (Å²) in [5.74, 6) is 0.643. The molecule has 2 aromatic heterocycles. The number of benzene rings is 1. The largest absolute Gasteiger partial charge is 0.384 e. The second-order valence-electron chi connectivity index (χ2n) is 4.77. The van der Waals surface area contributed by atoms with Crippen molar-refractivity contribution >= 4 is 5.69 Å². The van der Waals surface area contributed by atoms with Crippen LogP contribution >= 0.6 is 0 Å². The van der Waals surface area contributed by atoms with Crippen LogP contribution in [0.2, 0.25) is 0 Å². The Bertz CT molecular complexity index is 732. The van der Waals surface area contributed by atoms with Crippen LogP contribution < -0.4 is 5.32 Å². The Morgan fingerprint density at radius 3 is 3.25 bits per heavy atom. The summed E-state index contributed by atoms with van der Waals surface area (Å²) in [5, 5.41) is 7.30. The summed E-state index contributed by atoms with van der Waals surface area (Å²) >= 11 is 0. The number of hydrogen-bond donors (Lipinski definition) is 1. The van der Waals surface area contributed by atoms with E-state index in [9.17, 15) is 0 Å². The third kappa shape index (κ3) is 1.77. The van der Waals surface area contributed by atoms with Crippen LogP contribution in [0.5, 0.6) is 0 Å². The summed E-state index contributed by atoms with van der Waals surface area (Å²) in [5.41, 5.74) is 4.79. The van der Waals surface area contributed by atoms with Gasteiger partial charge >= 0.3 is 0 Å². The van der Waals surface area contributed by atoms with Crippen LogP contribution in [0.3, 0.4) is 0 Å². The zero-order valence-corrected chi connectivity index (χ0v) is 10.8.